The molecule has 18 heavy (non-hydrogen) atoms. The first-order valence-electron chi connectivity index (χ1n) is 5.71. The highest BCUT2D eigenvalue weighted by Gasteiger charge is 2.10. The molecule has 2 aromatic rings. The van der Waals surface area contributed by atoms with Crippen LogP contribution in [0.25, 0.3) is 10.6 Å². The van der Waals surface area contributed by atoms with Crippen LogP contribution in [0, 0.1) is 0 Å². The van der Waals surface area contributed by atoms with Crippen molar-refractivity contribution in [2.45, 2.75) is 19.8 Å². The zero-order chi connectivity index (χ0) is 13.0. The Morgan fingerprint density at radius 3 is 2.94 bits per heavy atom. The third-order valence-corrected chi connectivity index (χ3v) is 3.20. The second-order valence-electron chi connectivity index (χ2n) is 3.80. The Morgan fingerprint density at radius 1 is 1.44 bits per heavy atom. The molecule has 0 radical (unpaired) electrons. The van der Waals surface area contributed by atoms with Crippen LogP contribution in [0.3, 0.4) is 0 Å². The highest BCUT2D eigenvalue weighted by Crippen LogP contribution is 2.30. The minimum atomic E-state index is -0.254. The van der Waals surface area contributed by atoms with Gasteiger partial charge in [0.2, 0.25) is 5.88 Å². The first kappa shape index (κ1) is 12.6. The summed E-state index contributed by atoms with van der Waals surface area (Å²) >= 11 is 1.41. The lowest BCUT2D eigenvalue weighted by Crippen LogP contribution is -2.06. The number of carbonyl (C=O) groups excluding carboxylic acids is 1. The molecule has 0 amide bonds. The third kappa shape index (κ3) is 2.87. The van der Waals surface area contributed by atoms with E-state index in [0.29, 0.717) is 18.0 Å². The molecule has 1 aromatic heterocycles. The Morgan fingerprint density at radius 2 is 2.22 bits per heavy atom. The van der Waals surface area contributed by atoms with Crippen molar-refractivity contribution in [1.82, 2.24) is 4.98 Å². The van der Waals surface area contributed by atoms with Gasteiger partial charge in [-0.15, -0.1) is 11.3 Å². The zero-order valence-corrected chi connectivity index (χ0v) is 10.9. The number of ether oxygens (including phenoxy) is 1. The van der Waals surface area contributed by atoms with Gasteiger partial charge in [-0.3, -0.25) is 4.79 Å². The molecular formula is C13H14N2O2S. The normalized spacial score (nSPS) is 10.3. The Balaban J connectivity index is 2.16. The Bertz CT molecular complexity index is 551. The van der Waals surface area contributed by atoms with E-state index in [1.165, 1.54) is 11.3 Å². The summed E-state index contributed by atoms with van der Waals surface area (Å²) in [5.74, 6) is 0.0899. The molecule has 0 aliphatic heterocycles. The van der Waals surface area contributed by atoms with Crippen LogP contribution < -0.4 is 10.5 Å². The summed E-state index contributed by atoms with van der Waals surface area (Å²) < 4.78 is 5.12. The van der Waals surface area contributed by atoms with E-state index >= 15 is 0 Å². The summed E-state index contributed by atoms with van der Waals surface area (Å²) in [6, 6.07) is 7.48. The summed E-state index contributed by atoms with van der Waals surface area (Å²) in [6.45, 7) is 1.93. The molecule has 0 atom stereocenters. The fraction of sp³-hybridized carbons (Fsp3) is 0.231. The number of carbonyl (C=O) groups is 1. The average molecular weight is 262 g/mol. The molecule has 4 nitrogen and oxygen atoms in total. The van der Waals surface area contributed by atoms with Crippen molar-refractivity contribution in [3.63, 3.8) is 0 Å². The standard InChI is InChI=1S/C13H14N2O2S/c1-2-5-12(16)17-11-8-18-13(15-11)9-6-3-4-7-10(9)14/h3-4,6-8H,2,5,14H2,1H3. The van der Waals surface area contributed by atoms with Gasteiger partial charge in [-0.1, -0.05) is 19.1 Å². The number of para-hydroxylation sites is 1. The van der Waals surface area contributed by atoms with Crippen molar-refractivity contribution in [1.29, 1.82) is 0 Å². The molecule has 0 aliphatic carbocycles. The van der Waals surface area contributed by atoms with Crippen LogP contribution in [-0.2, 0) is 4.79 Å². The van der Waals surface area contributed by atoms with Crippen molar-refractivity contribution < 1.29 is 9.53 Å². The van der Waals surface area contributed by atoms with Gasteiger partial charge < -0.3 is 10.5 Å². The van der Waals surface area contributed by atoms with Crippen molar-refractivity contribution in [2.75, 3.05) is 5.73 Å². The largest absolute Gasteiger partial charge is 0.407 e. The number of esters is 1. The number of rotatable bonds is 4. The monoisotopic (exact) mass is 262 g/mol. The molecular weight excluding hydrogens is 248 g/mol. The Kier molecular flexibility index (Phi) is 3.94. The molecule has 94 valence electrons. The van der Waals surface area contributed by atoms with Crippen LogP contribution in [0.5, 0.6) is 5.88 Å². The fourth-order valence-corrected chi connectivity index (χ4v) is 2.26. The number of hydrogen-bond acceptors (Lipinski definition) is 5. The molecule has 2 N–H and O–H groups in total. The lowest BCUT2D eigenvalue weighted by atomic mass is 10.2. The minimum absolute atomic E-state index is 0.254. The van der Waals surface area contributed by atoms with Crippen LogP contribution in [-0.4, -0.2) is 11.0 Å². The van der Waals surface area contributed by atoms with Gasteiger partial charge in [0.05, 0.1) is 5.38 Å². The number of nitrogens with two attached hydrogens (primary N) is 1. The van der Waals surface area contributed by atoms with Gasteiger partial charge in [-0.25, -0.2) is 4.98 Å². The number of anilines is 1. The number of thiazole rings is 1. The molecule has 0 saturated heterocycles. The van der Waals surface area contributed by atoms with Crippen molar-refractivity contribution in [2.24, 2.45) is 0 Å². The van der Waals surface area contributed by atoms with E-state index in [-0.39, 0.29) is 5.97 Å². The average Bonchev–Trinajstić information content (AvgIpc) is 2.78. The molecule has 2 rings (SSSR count). The highest BCUT2D eigenvalue weighted by atomic mass is 32.1. The molecule has 0 fully saturated rings. The van der Waals surface area contributed by atoms with Crippen molar-refractivity contribution in [3.05, 3.63) is 29.6 Å². The number of aromatic nitrogens is 1. The Hall–Kier alpha value is -1.88. The SMILES string of the molecule is CCCC(=O)Oc1csc(-c2ccccc2N)n1. The van der Waals surface area contributed by atoms with Crippen LogP contribution in [0.15, 0.2) is 29.6 Å². The van der Waals surface area contributed by atoms with Crippen molar-refractivity contribution >= 4 is 23.0 Å². The maximum atomic E-state index is 11.3. The molecule has 0 saturated carbocycles. The third-order valence-electron chi connectivity index (χ3n) is 2.35. The summed E-state index contributed by atoms with van der Waals surface area (Å²) in [5.41, 5.74) is 7.40. The van der Waals surface area contributed by atoms with Gasteiger partial charge >= 0.3 is 5.97 Å². The van der Waals surface area contributed by atoms with E-state index in [4.69, 9.17) is 10.5 Å². The summed E-state index contributed by atoms with van der Waals surface area (Å²) in [6.07, 6.45) is 1.17. The quantitative estimate of drug-likeness (QED) is 0.679. The van der Waals surface area contributed by atoms with Crippen LogP contribution in [0.2, 0.25) is 0 Å². The van der Waals surface area contributed by atoms with Crippen LogP contribution in [0.4, 0.5) is 5.69 Å². The summed E-state index contributed by atoms with van der Waals surface area (Å²) in [7, 11) is 0. The van der Waals surface area contributed by atoms with Gasteiger partial charge in [-0.2, -0.15) is 0 Å². The predicted molar refractivity (Wildman–Crippen MR) is 72.5 cm³/mol. The first-order valence-corrected chi connectivity index (χ1v) is 6.59. The fourth-order valence-electron chi connectivity index (χ4n) is 1.49. The molecule has 0 spiro atoms. The zero-order valence-electron chi connectivity index (χ0n) is 10.1. The Labute approximate surface area is 109 Å². The second-order valence-corrected chi connectivity index (χ2v) is 4.66. The number of nitrogen functional groups attached to an aromatic ring is 1. The smallest absolute Gasteiger partial charge is 0.312 e. The number of benzene rings is 1. The van der Waals surface area contributed by atoms with Gasteiger partial charge in [0.1, 0.15) is 5.01 Å². The molecule has 0 unspecified atom stereocenters. The van der Waals surface area contributed by atoms with Crippen molar-refractivity contribution in [3.8, 4) is 16.5 Å². The van der Waals surface area contributed by atoms with Gasteiger partial charge in [0.15, 0.2) is 0 Å². The van der Waals surface area contributed by atoms with E-state index in [2.05, 4.69) is 4.98 Å². The number of nitrogens with zero attached hydrogens (tertiary/aromatic N) is 1. The minimum Gasteiger partial charge on any atom is -0.407 e. The molecule has 0 aliphatic rings. The molecule has 1 aromatic carbocycles. The van der Waals surface area contributed by atoms with E-state index in [9.17, 15) is 4.79 Å². The lowest BCUT2D eigenvalue weighted by molar-refractivity contribution is -0.134. The molecule has 0 bridgehead atoms. The van der Waals surface area contributed by atoms with Crippen LogP contribution >= 0.6 is 11.3 Å². The van der Waals surface area contributed by atoms with E-state index in [0.717, 1.165) is 17.0 Å². The number of hydrogen-bond donors (Lipinski definition) is 1. The van der Waals surface area contributed by atoms with Gasteiger partial charge in [-0.05, 0) is 18.6 Å². The molecule has 5 heteroatoms. The van der Waals surface area contributed by atoms with E-state index < -0.39 is 0 Å². The van der Waals surface area contributed by atoms with Gasteiger partial charge in [0, 0.05) is 17.7 Å². The van der Waals surface area contributed by atoms with Gasteiger partial charge in [0.25, 0.3) is 0 Å². The first-order chi connectivity index (χ1) is 8.70. The van der Waals surface area contributed by atoms with E-state index in [1.54, 1.807) is 5.38 Å². The predicted octanol–water partition coefficient (Wildman–Crippen LogP) is 3.10. The lowest BCUT2D eigenvalue weighted by Gasteiger charge is -2.00. The van der Waals surface area contributed by atoms with E-state index in [1.807, 2.05) is 31.2 Å². The topological polar surface area (TPSA) is 65.2 Å². The molecule has 1 heterocycles. The maximum Gasteiger partial charge on any atom is 0.312 e. The van der Waals surface area contributed by atoms with Crippen LogP contribution in [0.1, 0.15) is 19.8 Å². The second kappa shape index (κ2) is 5.64. The maximum absolute atomic E-state index is 11.3. The highest BCUT2D eigenvalue weighted by molar-refractivity contribution is 7.13. The summed E-state index contributed by atoms with van der Waals surface area (Å²) in [4.78, 5) is 15.6. The summed E-state index contributed by atoms with van der Waals surface area (Å²) in [5, 5.41) is 2.47.